The van der Waals surface area contributed by atoms with Crippen LogP contribution in [-0.4, -0.2) is 18.3 Å². The number of rotatable bonds is 5. The topological polar surface area (TPSA) is 12.0 Å². The van der Waals surface area contributed by atoms with Crippen molar-refractivity contribution in [3.8, 4) is 0 Å². The zero-order valence-electron chi connectivity index (χ0n) is 9.46. The van der Waals surface area contributed by atoms with Crippen LogP contribution in [0.4, 0.5) is 0 Å². The lowest BCUT2D eigenvalue weighted by molar-refractivity contribution is 0.541. The highest BCUT2D eigenvalue weighted by Crippen LogP contribution is 2.31. The van der Waals surface area contributed by atoms with Crippen molar-refractivity contribution < 1.29 is 0 Å². The molecule has 0 fully saturated rings. The van der Waals surface area contributed by atoms with Gasteiger partial charge in [-0.15, -0.1) is 11.8 Å². The summed E-state index contributed by atoms with van der Waals surface area (Å²) in [5.74, 6) is 0. The Morgan fingerprint density at radius 1 is 1.40 bits per heavy atom. The van der Waals surface area contributed by atoms with Gasteiger partial charge in [-0.05, 0) is 41.5 Å². The second kappa shape index (κ2) is 6.56. The summed E-state index contributed by atoms with van der Waals surface area (Å²) in [4.78, 5) is 1.32. The van der Waals surface area contributed by atoms with E-state index in [4.69, 9.17) is 0 Å². The van der Waals surface area contributed by atoms with Gasteiger partial charge < -0.3 is 5.32 Å². The highest BCUT2D eigenvalue weighted by Gasteiger charge is 2.15. The quantitative estimate of drug-likeness (QED) is 0.824. The van der Waals surface area contributed by atoms with Gasteiger partial charge in [0.15, 0.2) is 0 Å². The molecule has 0 aromatic heterocycles. The highest BCUT2D eigenvalue weighted by atomic mass is 79.9. The molecule has 0 bridgehead atoms. The van der Waals surface area contributed by atoms with E-state index in [-0.39, 0.29) is 0 Å². The van der Waals surface area contributed by atoms with E-state index in [0.717, 1.165) is 6.42 Å². The van der Waals surface area contributed by atoms with Crippen molar-refractivity contribution in [2.75, 3.05) is 7.05 Å². The van der Waals surface area contributed by atoms with Gasteiger partial charge in [0.1, 0.15) is 0 Å². The summed E-state index contributed by atoms with van der Waals surface area (Å²) < 4.78 is 1.19. The standard InChI is InChI=1S/C12H18BrNS/c1-4-11(14-3)9(2)15-12-8-6-5-7-10(12)13/h5-9,11,14H,4H2,1-3H3. The molecule has 0 radical (unpaired) electrons. The first-order valence-corrected chi connectivity index (χ1v) is 6.94. The second-order valence-electron chi connectivity index (χ2n) is 3.56. The number of halogens is 1. The van der Waals surface area contributed by atoms with E-state index in [0.29, 0.717) is 11.3 Å². The molecule has 0 aliphatic rings. The van der Waals surface area contributed by atoms with E-state index >= 15 is 0 Å². The van der Waals surface area contributed by atoms with Crippen LogP contribution in [0, 0.1) is 0 Å². The maximum absolute atomic E-state index is 3.58. The van der Waals surface area contributed by atoms with Crippen LogP contribution in [0.2, 0.25) is 0 Å². The van der Waals surface area contributed by atoms with E-state index < -0.39 is 0 Å². The minimum absolute atomic E-state index is 0.571. The van der Waals surface area contributed by atoms with Gasteiger partial charge in [-0.1, -0.05) is 26.0 Å². The fourth-order valence-electron chi connectivity index (χ4n) is 1.59. The van der Waals surface area contributed by atoms with Crippen LogP contribution in [-0.2, 0) is 0 Å². The first-order valence-electron chi connectivity index (χ1n) is 5.27. The molecule has 2 unspecified atom stereocenters. The van der Waals surface area contributed by atoms with Gasteiger partial charge in [-0.2, -0.15) is 0 Å². The molecule has 0 spiro atoms. The minimum Gasteiger partial charge on any atom is -0.316 e. The molecular formula is C12H18BrNS. The third-order valence-corrected chi connectivity index (χ3v) is 4.79. The third kappa shape index (κ3) is 3.82. The molecule has 2 atom stereocenters. The summed E-state index contributed by atoms with van der Waals surface area (Å²) >= 11 is 5.49. The van der Waals surface area contributed by atoms with Crippen LogP contribution in [0.3, 0.4) is 0 Å². The van der Waals surface area contributed by atoms with Gasteiger partial charge in [0.25, 0.3) is 0 Å². The number of thioether (sulfide) groups is 1. The molecule has 0 aliphatic carbocycles. The highest BCUT2D eigenvalue weighted by molar-refractivity contribution is 9.10. The number of hydrogen-bond acceptors (Lipinski definition) is 2. The van der Waals surface area contributed by atoms with Crippen molar-refractivity contribution >= 4 is 27.7 Å². The van der Waals surface area contributed by atoms with E-state index in [1.165, 1.54) is 9.37 Å². The summed E-state index contributed by atoms with van der Waals surface area (Å²) in [5, 5.41) is 3.94. The predicted octanol–water partition coefficient (Wildman–Crippen LogP) is 3.93. The predicted molar refractivity (Wildman–Crippen MR) is 72.6 cm³/mol. The molecule has 84 valence electrons. The van der Waals surface area contributed by atoms with Crippen LogP contribution in [0.5, 0.6) is 0 Å². The second-order valence-corrected chi connectivity index (χ2v) is 5.83. The fraction of sp³-hybridized carbons (Fsp3) is 0.500. The van der Waals surface area contributed by atoms with Gasteiger partial charge in [0.2, 0.25) is 0 Å². The van der Waals surface area contributed by atoms with Crippen molar-refractivity contribution in [2.45, 2.75) is 36.5 Å². The Bertz CT molecular complexity index is 299. The first kappa shape index (κ1) is 13.1. The van der Waals surface area contributed by atoms with Crippen LogP contribution in [0.15, 0.2) is 33.6 Å². The van der Waals surface area contributed by atoms with Crippen LogP contribution >= 0.6 is 27.7 Å². The molecule has 1 rings (SSSR count). The maximum Gasteiger partial charge on any atom is 0.0311 e. The summed E-state index contributed by atoms with van der Waals surface area (Å²) in [6.07, 6.45) is 1.16. The zero-order chi connectivity index (χ0) is 11.3. The number of hydrogen-bond donors (Lipinski definition) is 1. The van der Waals surface area contributed by atoms with Crippen molar-refractivity contribution in [1.82, 2.24) is 5.32 Å². The lowest BCUT2D eigenvalue weighted by Crippen LogP contribution is -2.33. The molecule has 3 heteroatoms. The van der Waals surface area contributed by atoms with Gasteiger partial charge >= 0.3 is 0 Å². The average molecular weight is 288 g/mol. The van der Waals surface area contributed by atoms with Crippen molar-refractivity contribution in [2.24, 2.45) is 0 Å². The monoisotopic (exact) mass is 287 g/mol. The Morgan fingerprint density at radius 3 is 2.60 bits per heavy atom. The van der Waals surface area contributed by atoms with Crippen LogP contribution < -0.4 is 5.32 Å². The molecule has 0 saturated carbocycles. The Kier molecular flexibility index (Phi) is 5.72. The van der Waals surface area contributed by atoms with Crippen molar-refractivity contribution in [1.29, 1.82) is 0 Å². The summed E-state index contributed by atoms with van der Waals surface area (Å²) in [5.41, 5.74) is 0. The summed E-state index contributed by atoms with van der Waals surface area (Å²) in [7, 11) is 2.03. The lowest BCUT2D eigenvalue weighted by Gasteiger charge is -2.22. The first-order chi connectivity index (χ1) is 7.19. The van der Waals surface area contributed by atoms with Crippen LogP contribution in [0.1, 0.15) is 20.3 Å². The Labute approximate surface area is 105 Å². The summed E-state index contributed by atoms with van der Waals surface area (Å²) in [6.45, 7) is 4.49. The maximum atomic E-state index is 3.58. The molecule has 0 heterocycles. The molecule has 1 N–H and O–H groups in total. The average Bonchev–Trinajstić information content (AvgIpc) is 2.23. The minimum atomic E-state index is 0.571. The molecule has 0 aliphatic heterocycles. The van der Waals surface area contributed by atoms with Gasteiger partial charge in [-0.25, -0.2) is 0 Å². The SMILES string of the molecule is CCC(NC)C(C)Sc1ccccc1Br. The lowest BCUT2D eigenvalue weighted by atomic mass is 10.2. The van der Waals surface area contributed by atoms with Gasteiger partial charge in [0.05, 0.1) is 0 Å². The van der Waals surface area contributed by atoms with Crippen molar-refractivity contribution in [3.05, 3.63) is 28.7 Å². The smallest absolute Gasteiger partial charge is 0.0311 e. The molecular weight excluding hydrogens is 270 g/mol. The van der Waals surface area contributed by atoms with Crippen molar-refractivity contribution in [3.63, 3.8) is 0 Å². The Morgan fingerprint density at radius 2 is 2.07 bits per heavy atom. The normalized spacial score (nSPS) is 14.9. The third-order valence-electron chi connectivity index (χ3n) is 2.53. The van der Waals surface area contributed by atoms with Gasteiger partial charge in [0, 0.05) is 20.7 Å². The molecule has 15 heavy (non-hydrogen) atoms. The van der Waals surface area contributed by atoms with E-state index in [1.54, 1.807) is 0 Å². The molecule has 0 saturated heterocycles. The van der Waals surface area contributed by atoms with E-state index in [1.807, 2.05) is 24.9 Å². The Balaban J connectivity index is 2.65. The number of benzene rings is 1. The largest absolute Gasteiger partial charge is 0.316 e. The van der Waals surface area contributed by atoms with E-state index in [9.17, 15) is 0 Å². The van der Waals surface area contributed by atoms with E-state index in [2.05, 4.69) is 53.3 Å². The molecule has 1 nitrogen and oxygen atoms in total. The fourth-order valence-corrected chi connectivity index (χ4v) is 3.39. The molecule has 1 aromatic rings. The number of nitrogens with one attached hydrogen (secondary N) is 1. The zero-order valence-corrected chi connectivity index (χ0v) is 11.9. The molecule has 0 amide bonds. The van der Waals surface area contributed by atoms with Crippen LogP contribution in [0.25, 0.3) is 0 Å². The Hall–Kier alpha value is 0.01000. The summed E-state index contributed by atoms with van der Waals surface area (Å²) in [6, 6.07) is 8.96. The molecule has 1 aromatic carbocycles. The van der Waals surface area contributed by atoms with Gasteiger partial charge in [-0.3, -0.25) is 0 Å².